The van der Waals surface area contributed by atoms with Gasteiger partial charge in [0.25, 0.3) is 5.91 Å². The molecular weight excluding hydrogens is 466 g/mol. The number of fused-ring (bicyclic) bond motifs is 1. The summed E-state index contributed by atoms with van der Waals surface area (Å²) in [7, 11) is 0. The fraction of sp³-hybridized carbons (Fsp3) is 0.552. The molecular formula is C29H39N5O3. The second kappa shape index (κ2) is 11.5. The molecule has 5 rings (SSSR count). The fourth-order valence-electron chi connectivity index (χ4n) is 5.43. The summed E-state index contributed by atoms with van der Waals surface area (Å²) in [6.45, 7) is 8.29. The van der Waals surface area contributed by atoms with E-state index in [0.29, 0.717) is 11.7 Å². The highest BCUT2D eigenvalue weighted by Gasteiger charge is 2.23. The number of nitrogens with one attached hydrogen (secondary N) is 2. The molecule has 2 N–H and O–H groups in total. The number of aryl methyl sites for hydroxylation is 2. The maximum atomic E-state index is 13.6. The maximum absolute atomic E-state index is 13.6. The lowest BCUT2D eigenvalue weighted by molar-refractivity contribution is 0.0903. The van der Waals surface area contributed by atoms with Crippen LogP contribution < -0.4 is 15.4 Å². The summed E-state index contributed by atoms with van der Waals surface area (Å²) < 4.78 is 13.7. The van der Waals surface area contributed by atoms with Crippen LogP contribution in [0.2, 0.25) is 0 Å². The van der Waals surface area contributed by atoms with Crippen LogP contribution in [-0.4, -0.2) is 46.0 Å². The first kappa shape index (κ1) is 25.5. The predicted molar refractivity (Wildman–Crippen MR) is 145 cm³/mol. The molecule has 37 heavy (non-hydrogen) atoms. The summed E-state index contributed by atoms with van der Waals surface area (Å²) in [6.07, 6.45) is 11.7. The van der Waals surface area contributed by atoms with Crippen molar-refractivity contribution in [3.8, 4) is 5.75 Å². The molecule has 1 atom stereocenters. The lowest BCUT2D eigenvalue weighted by Gasteiger charge is -2.26. The van der Waals surface area contributed by atoms with Gasteiger partial charge in [0, 0.05) is 32.0 Å². The first-order chi connectivity index (χ1) is 18.0. The first-order valence-electron chi connectivity index (χ1n) is 13.8. The van der Waals surface area contributed by atoms with Crippen molar-refractivity contribution in [1.29, 1.82) is 0 Å². The number of hydrogen-bond acceptors (Lipinski definition) is 6. The van der Waals surface area contributed by atoms with Gasteiger partial charge in [-0.15, -0.1) is 0 Å². The molecule has 1 amide bonds. The molecule has 1 aliphatic carbocycles. The van der Waals surface area contributed by atoms with Crippen LogP contribution in [0, 0.1) is 6.92 Å². The Kier molecular flexibility index (Phi) is 7.93. The number of anilines is 1. The Hall–Kier alpha value is -3.13. The van der Waals surface area contributed by atoms with Crippen molar-refractivity contribution in [3.63, 3.8) is 0 Å². The number of benzene rings is 1. The van der Waals surface area contributed by atoms with E-state index in [4.69, 9.17) is 9.47 Å². The molecule has 8 heteroatoms. The molecule has 1 aromatic carbocycles. The zero-order valence-corrected chi connectivity index (χ0v) is 22.3. The summed E-state index contributed by atoms with van der Waals surface area (Å²) in [5, 5.41) is 12.2. The van der Waals surface area contributed by atoms with Gasteiger partial charge >= 0.3 is 0 Å². The molecule has 1 unspecified atom stereocenters. The molecule has 198 valence electrons. The molecule has 0 spiro atoms. The number of amides is 1. The highest BCUT2D eigenvalue weighted by Crippen LogP contribution is 2.30. The van der Waals surface area contributed by atoms with Crippen LogP contribution in [0.25, 0.3) is 11.0 Å². The van der Waals surface area contributed by atoms with E-state index in [1.54, 1.807) is 6.20 Å². The van der Waals surface area contributed by atoms with Gasteiger partial charge in [-0.2, -0.15) is 5.10 Å². The van der Waals surface area contributed by atoms with E-state index in [-0.39, 0.29) is 18.0 Å². The topological polar surface area (TPSA) is 90.3 Å². The third kappa shape index (κ3) is 5.74. The Bertz CT molecular complexity index is 1230. The van der Waals surface area contributed by atoms with Crippen molar-refractivity contribution in [2.45, 2.75) is 90.4 Å². The normalized spacial score (nSPS) is 18.0. The lowest BCUT2D eigenvalue weighted by atomic mass is 9.97. The van der Waals surface area contributed by atoms with Gasteiger partial charge in [0.1, 0.15) is 5.75 Å². The summed E-state index contributed by atoms with van der Waals surface area (Å²) in [5.74, 6) is 0.792. The molecule has 2 aromatic heterocycles. The van der Waals surface area contributed by atoms with Gasteiger partial charge in [-0.1, -0.05) is 18.6 Å². The van der Waals surface area contributed by atoms with Gasteiger partial charge < -0.3 is 20.1 Å². The molecule has 3 heterocycles. The van der Waals surface area contributed by atoms with Crippen molar-refractivity contribution < 1.29 is 14.3 Å². The van der Waals surface area contributed by atoms with Gasteiger partial charge in [0.2, 0.25) is 0 Å². The monoisotopic (exact) mass is 505 g/mol. The largest absolute Gasteiger partial charge is 0.490 e. The quantitative estimate of drug-likeness (QED) is 0.417. The summed E-state index contributed by atoms with van der Waals surface area (Å²) in [6, 6.07) is 6.31. The van der Waals surface area contributed by atoms with Crippen LogP contribution >= 0.6 is 0 Å². The van der Waals surface area contributed by atoms with E-state index in [2.05, 4.69) is 39.8 Å². The molecule has 0 bridgehead atoms. The van der Waals surface area contributed by atoms with E-state index in [1.807, 2.05) is 30.8 Å². The summed E-state index contributed by atoms with van der Waals surface area (Å²) >= 11 is 0. The molecule has 0 radical (unpaired) electrons. The molecule has 2 aliphatic rings. The van der Waals surface area contributed by atoms with Crippen molar-refractivity contribution >= 4 is 22.6 Å². The van der Waals surface area contributed by atoms with Crippen LogP contribution in [0.15, 0.2) is 30.6 Å². The zero-order chi connectivity index (χ0) is 25.8. The van der Waals surface area contributed by atoms with Crippen LogP contribution in [0.1, 0.15) is 86.3 Å². The Morgan fingerprint density at radius 3 is 2.68 bits per heavy atom. The van der Waals surface area contributed by atoms with E-state index in [1.165, 1.54) is 19.3 Å². The van der Waals surface area contributed by atoms with Crippen molar-refractivity contribution in [2.24, 2.45) is 0 Å². The average molecular weight is 506 g/mol. The molecule has 8 nitrogen and oxygen atoms in total. The van der Waals surface area contributed by atoms with E-state index in [0.717, 1.165) is 79.0 Å². The van der Waals surface area contributed by atoms with E-state index < -0.39 is 0 Å². The Labute approximate surface area is 219 Å². The SMILES string of the molecule is CCn1ncc2c(NC3CCOCC3)c(C(=O)NC(C)c3ccc(OC4CCCCC4)c(C)c3)cnc21. The van der Waals surface area contributed by atoms with Crippen LogP contribution in [0.3, 0.4) is 0 Å². The number of pyridine rings is 1. The molecule has 3 aromatic rings. The summed E-state index contributed by atoms with van der Waals surface area (Å²) in [4.78, 5) is 18.2. The summed E-state index contributed by atoms with van der Waals surface area (Å²) in [5.41, 5.74) is 4.27. The van der Waals surface area contributed by atoms with E-state index >= 15 is 0 Å². The number of ether oxygens (including phenoxy) is 2. The highest BCUT2D eigenvalue weighted by molar-refractivity contribution is 6.06. The number of aromatic nitrogens is 3. The van der Waals surface area contributed by atoms with Crippen LogP contribution in [0.5, 0.6) is 5.75 Å². The maximum Gasteiger partial charge on any atom is 0.255 e. The third-order valence-corrected chi connectivity index (χ3v) is 7.67. The van der Waals surface area contributed by atoms with E-state index in [9.17, 15) is 4.79 Å². The number of carbonyl (C=O) groups excluding carboxylic acids is 1. The minimum absolute atomic E-state index is 0.152. The van der Waals surface area contributed by atoms with Gasteiger partial charge in [-0.05, 0) is 76.5 Å². The minimum atomic E-state index is -0.167. The van der Waals surface area contributed by atoms with Crippen LogP contribution in [-0.2, 0) is 11.3 Å². The van der Waals surface area contributed by atoms with Gasteiger partial charge in [-0.25, -0.2) is 9.67 Å². The number of hydrogen-bond donors (Lipinski definition) is 2. The van der Waals surface area contributed by atoms with Crippen molar-refractivity contribution in [1.82, 2.24) is 20.1 Å². The molecule has 1 aliphatic heterocycles. The van der Waals surface area contributed by atoms with Gasteiger partial charge in [0.05, 0.1) is 35.0 Å². The molecule has 2 fully saturated rings. The number of nitrogens with zero attached hydrogens (tertiary/aromatic N) is 3. The second-order valence-corrected chi connectivity index (χ2v) is 10.4. The number of rotatable bonds is 8. The standard InChI is InChI=1S/C29H39N5O3/c1-4-34-28-24(18-31-34)27(33-22-12-14-36-15-13-22)25(17-30-28)29(35)32-20(3)21-10-11-26(19(2)16-21)37-23-8-6-5-7-9-23/h10-11,16-18,20,22-23H,4-9,12-15H2,1-3H3,(H,30,33)(H,32,35). The Morgan fingerprint density at radius 1 is 1.16 bits per heavy atom. The average Bonchev–Trinajstić information content (AvgIpc) is 3.35. The third-order valence-electron chi connectivity index (χ3n) is 7.67. The Balaban J connectivity index is 1.34. The molecule has 1 saturated heterocycles. The predicted octanol–water partition coefficient (Wildman–Crippen LogP) is 5.55. The van der Waals surface area contributed by atoms with Crippen molar-refractivity contribution in [2.75, 3.05) is 18.5 Å². The van der Waals surface area contributed by atoms with Gasteiger partial charge in [0.15, 0.2) is 5.65 Å². The van der Waals surface area contributed by atoms with Gasteiger partial charge in [-0.3, -0.25) is 4.79 Å². The minimum Gasteiger partial charge on any atom is -0.490 e. The Morgan fingerprint density at radius 2 is 1.95 bits per heavy atom. The highest BCUT2D eigenvalue weighted by atomic mass is 16.5. The first-order valence-corrected chi connectivity index (χ1v) is 13.8. The number of carbonyl (C=O) groups is 1. The van der Waals surface area contributed by atoms with Crippen molar-refractivity contribution in [3.05, 3.63) is 47.3 Å². The zero-order valence-electron chi connectivity index (χ0n) is 22.3. The fourth-order valence-corrected chi connectivity index (χ4v) is 5.43. The molecule has 1 saturated carbocycles. The lowest BCUT2D eigenvalue weighted by Crippen LogP contribution is -2.31. The smallest absolute Gasteiger partial charge is 0.255 e. The van der Waals surface area contributed by atoms with Crippen LogP contribution in [0.4, 0.5) is 5.69 Å². The second-order valence-electron chi connectivity index (χ2n) is 10.4.